The lowest BCUT2D eigenvalue weighted by Crippen LogP contribution is -2.44. The van der Waals surface area contributed by atoms with Crippen LogP contribution < -0.4 is 0 Å². The standard InChI is InChI=1S/C16H21NO3/c1-20-16(19)12-4-2-3-11(7-12)10-17-13-5-6-14(17)9-15(18)8-13/h2-4,7,13-15,18H,5-6,8-10H2,1H3. The molecule has 2 unspecified atom stereocenters. The number of rotatable bonds is 3. The average molecular weight is 275 g/mol. The van der Waals surface area contributed by atoms with Gasteiger partial charge >= 0.3 is 5.97 Å². The Balaban J connectivity index is 1.74. The number of benzene rings is 1. The molecular formula is C16H21NO3. The van der Waals surface area contributed by atoms with Crippen molar-refractivity contribution in [2.45, 2.75) is 50.4 Å². The molecule has 2 saturated heterocycles. The number of aliphatic hydroxyl groups excluding tert-OH is 1. The number of carbonyl (C=O) groups is 1. The van der Waals surface area contributed by atoms with E-state index in [1.54, 1.807) is 6.07 Å². The second-order valence-electron chi connectivity index (χ2n) is 5.87. The Hall–Kier alpha value is -1.39. The third kappa shape index (κ3) is 2.58. The molecule has 2 aliphatic heterocycles. The SMILES string of the molecule is COC(=O)c1cccc(CN2C3CCC2CC(O)C3)c1. The monoisotopic (exact) mass is 275 g/mol. The molecule has 2 fully saturated rings. The van der Waals surface area contributed by atoms with Gasteiger partial charge in [0.1, 0.15) is 0 Å². The van der Waals surface area contributed by atoms with Crippen LogP contribution in [0, 0.1) is 0 Å². The summed E-state index contributed by atoms with van der Waals surface area (Å²) in [7, 11) is 1.40. The molecule has 0 amide bonds. The van der Waals surface area contributed by atoms with Crippen molar-refractivity contribution in [3.05, 3.63) is 35.4 Å². The molecule has 0 saturated carbocycles. The highest BCUT2D eigenvalue weighted by atomic mass is 16.5. The van der Waals surface area contributed by atoms with Crippen LogP contribution in [0.25, 0.3) is 0 Å². The molecule has 1 N–H and O–H groups in total. The van der Waals surface area contributed by atoms with Gasteiger partial charge in [0.2, 0.25) is 0 Å². The zero-order valence-electron chi connectivity index (χ0n) is 11.8. The van der Waals surface area contributed by atoms with Gasteiger partial charge < -0.3 is 9.84 Å². The molecule has 0 aromatic heterocycles. The third-order valence-corrected chi connectivity index (χ3v) is 4.57. The Bertz CT molecular complexity index is 488. The third-order valence-electron chi connectivity index (χ3n) is 4.57. The summed E-state index contributed by atoms with van der Waals surface area (Å²) >= 11 is 0. The zero-order valence-corrected chi connectivity index (χ0v) is 11.8. The number of hydrogen-bond acceptors (Lipinski definition) is 4. The second-order valence-corrected chi connectivity index (χ2v) is 5.87. The van der Waals surface area contributed by atoms with Crippen molar-refractivity contribution in [1.82, 2.24) is 4.90 Å². The maximum atomic E-state index is 11.6. The predicted molar refractivity (Wildman–Crippen MR) is 75.4 cm³/mol. The quantitative estimate of drug-likeness (QED) is 0.857. The minimum atomic E-state index is -0.288. The van der Waals surface area contributed by atoms with Crippen molar-refractivity contribution in [2.75, 3.05) is 7.11 Å². The van der Waals surface area contributed by atoms with Gasteiger partial charge in [-0.05, 0) is 43.4 Å². The van der Waals surface area contributed by atoms with Crippen molar-refractivity contribution >= 4 is 5.97 Å². The van der Waals surface area contributed by atoms with Gasteiger partial charge in [0.25, 0.3) is 0 Å². The number of nitrogens with zero attached hydrogens (tertiary/aromatic N) is 1. The van der Waals surface area contributed by atoms with E-state index in [1.165, 1.54) is 20.0 Å². The molecular weight excluding hydrogens is 254 g/mol. The van der Waals surface area contributed by atoms with Gasteiger partial charge in [0.15, 0.2) is 0 Å². The fourth-order valence-corrected chi connectivity index (χ4v) is 3.63. The molecule has 2 bridgehead atoms. The van der Waals surface area contributed by atoms with Crippen LogP contribution in [0.3, 0.4) is 0 Å². The minimum absolute atomic E-state index is 0.134. The Kier molecular flexibility index (Phi) is 3.76. The second kappa shape index (κ2) is 5.54. The van der Waals surface area contributed by atoms with E-state index in [-0.39, 0.29) is 12.1 Å². The summed E-state index contributed by atoms with van der Waals surface area (Å²) in [5.74, 6) is -0.288. The van der Waals surface area contributed by atoms with Gasteiger partial charge in [0.05, 0.1) is 18.8 Å². The minimum Gasteiger partial charge on any atom is -0.465 e. The number of fused-ring (bicyclic) bond motifs is 2. The van der Waals surface area contributed by atoms with E-state index >= 15 is 0 Å². The summed E-state index contributed by atoms with van der Waals surface area (Å²) in [6.45, 7) is 0.854. The van der Waals surface area contributed by atoms with Crippen LogP contribution in [0.15, 0.2) is 24.3 Å². The fourth-order valence-electron chi connectivity index (χ4n) is 3.63. The lowest BCUT2D eigenvalue weighted by atomic mass is 9.99. The maximum absolute atomic E-state index is 11.6. The van der Waals surface area contributed by atoms with E-state index < -0.39 is 0 Å². The van der Waals surface area contributed by atoms with E-state index in [9.17, 15) is 9.90 Å². The summed E-state index contributed by atoms with van der Waals surface area (Å²) in [5, 5.41) is 9.83. The van der Waals surface area contributed by atoms with Crippen LogP contribution in [0.2, 0.25) is 0 Å². The summed E-state index contributed by atoms with van der Waals surface area (Å²) in [5.41, 5.74) is 1.75. The van der Waals surface area contributed by atoms with Gasteiger partial charge in [-0.15, -0.1) is 0 Å². The molecule has 2 aliphatic rings. The molecule has 108 valence electrons. The number of aliphatic hydroxyl groups is 1. The van der Waals surface area contributed by atoms with E-state index in [2.05, 4.69) is 11.0 Å². The van der Waals surface area contributed by atoms with Crippen LogP contribution in [0.5, 0.6) is 0 Å². The molecule has 0 radical (unpaired) electrons. The highest BCUT2D eigenvalue weighted by Crippen LogP contribution is 2.36. The smallest absolute Gasteiger partial charge is 0.337 e. The normalized spacial score (nSPS) is 29.4. The number of methoxy groups -OCH3 is 1. The van der Waals surface area contributed by atoms with E-state index in [4.69, 9.17) is 4.74 Å². The Labute approximate surface area is 119 Å². The van der Waals surface area contributed by atoms with Crippen LogP contribution in [0.4, 0.5) is 0 Å². The van der Waals surface area contributed by atoms with Crippen molar-refractivity contribution in [3.8, 4) is 0 Å². The van der Waals surface area contributed by atoms with Gasteiger partial charge in [0, 0.05) is 18.6 Å². The van der Waals surface area contributed by atoms with E-state index in [0.717, 1.165) is 24.9 Å². The summed E-state index contributed by atoms with van der Waals surface area (Å²) in [6.07, 6.45) is 3.99. The predicted octanol–water partition coefficient (Wildman–Crippen LogP) is 1.96. The molecule has 0 spiro atoms. The van der Waals surface area contributed by atoms with Crippen molar-refractivity contribution in [2.24, 2.45) is 0 Å². The lowest BCUT2D eigenvalue weighted by molar-refractivity contribution is 0.0310. The van der Waals surface area contributed by atoms with Crippen LogP contribution in [-0.4, -0.2) is 41.3 Å². The van der Waals surface area contributed by atoms with Crippen LogP contribution >= 0.6 is 0 Å². The molecule has 20 heavy (non-hydrogen) atoms. The molecule has 1 aromatic rings. The van der Waals surface area contributed by atoms with Crippen molar-refractivity contribution in [1.29, 1.82) is 0 Å². The number of piperidine rings is 1. The zero-order chi connectivity index (χ0) is 14.1. The van der Waals surface area contributed by atoms with E-state index in [0.29, 0.717) is 17.6 Å². The fraction of sp³-hybridized carbons (Fsp3) is 0.562. The van der Waals surface area contributed by atoms with Crippen LogP contribution in [-0.2, 0) is 11.3 Å². The van der Waals surface area contributed by atoms with Gasteiger partial charge in [-0.1, -0.05) is 12.1 Å². The molecule has 3 rings (SSSR count). The van der Waals surface area contributed by atoms with Gasteiger partial charge in [-0.2, -0.15) is 0 Å². The number of hydrogen-bond donors (Lipinski definition) is 1. The van der Waals surface area contributed by atoms with Crippen molar-refractivity contribution < 1.29 is 14.6 Å². The number of carbonyl (C=O) groups excluding carboxylic acids is 1. The van der Waals surface area contributed by atoms with Crippen LogP contribution in [0.1, 0.15) is 41.6 Å². The highest BCUT2D eigenvalue weighted by Gasteiger charge is 2.39. The number of ether oxygens (including phenoxy) is 1. The molecule has 2 heterocycles. The topological polar surface area (TPSA) is 49.8 Å². The van der Waals surface area contributed by atoms with Gasteiger partial charge in [-0.25, -0.2) is 4.79 Å². The molecule has 0 aliphatic carbocycles. The van der Waals surface area contributed by atoms with E-state index in [1.807, 2.05) is 12.1 Å². The first-order valence-corrected chi connectivity index (χ1v) is 7.28. The molecule has 4 heteroatoms. The number of esters is 1. The van der Waals surface area contributed by atoms with Gasteiger partial charge in [-0.3, -0.25) is 4.90 Å². The Morgan fingerprint density at radius 2 is 2.05 bits per heavy atom. The van der Waals surface area contributed by atoms with Crippen molar-refractivity contribution in [3.63, 3.8) is 0 Å². The maximum Gasteiger partial charge on any atom is 0.337 e. The first-order valence-electron chi connectivity index (χ1n) is 7.28. The summed E-state index contributed by atoms with van der Waals surface area (Å²) < 4.78 is 4.76. The Morgan fingerprint density at radius 1 is 1.35 bits per heavy atom. The summed E-state index contributed by atoms with van der Waals surface area (Å²) in [4.78, 5) is 14.1. The highest BCUT2D eigenvalue weighted by molar-refractivity contribution is 5.89. The first-order chi connectivity index (χ1) is 9.67. The first kappa shape index (κ1) is 13.6. The molecule has 1 aromatic carbocycles. The lowest BCUT2D eigenvalue weighted by Gasteiger charge is -2.37. The summed E-state index contributed by atoms with van der Waals surface area (Å²) in [6, 6.07) is 8.63. The Morgan fingerprint density at radius 3 is 2.70 bits per heavy atom. The largest absolute Gasteiger partial charge is 0.465 e. The molecule has 2 atom stereocenters. The average Bonchev–Trinajstić information content (AvgIpc) is 2.70. The molecule has 4 nitrogen and oxygen atoms in total.